The van der Waals surface area contributed by atoms with Crippen molar-refractivity contribution in [2.45, 2.75) is 11.8 Å². The summed E-state index contributed by atoms with van der Waals surface area (Å²) >= 11 is 5.59. The highest BCUT2D eigenvalue weighted by Crippen LogP contribution is 2.25. The van der Waals surface area contributed by atoms with E-state index < -0.39 is 20.7 Å². The van der Waals surface area contributed by atoms with Crippen LogP contribution in [0.25, 0.3) is 0 Å². The van der Waals surface area contributed by atoms with Crippen LogP contribution in [-0.2, 0) is 10.0 Å². The topological polar surface area (TPSA) is 72.2 Å². The Morgan fingerprint density at radius 2 is 1.95 bits per heavy atom. The molecule has 106 valence electrons. The van der Waals surface area contributed by atoms with Gasteiger partial charge in [0, 0.05) is 11.4 Å². The van der Waals surface area contributed by atoms with Gasteiger partial charge in [-0.2, -0.15) is 0 Å². The average Bonchev–Trinajstić information content (AvgIpc) is 2.36. The van der Waals surface area contributed by atoms with Crippen molar-refractivity contribution in [2.24, 2.45) is 0 Å². The SMILES string of the molecule is Cc1cc(NS(=O)(=O)c2cccc(Cl)c2F)ccc1N. The predicted molar refractivity (Wildman–Crippen MR) is 77.8 cm³/mol. The van der Waals surface area contributed by atoms with Crippen LogP contribution in [0.4, 0.5) is 15.8 Å². The highest BCUT2D eigenvalue weighted by molar-refractivity contribution is 7.92. The van der Waals surface area contributed by atoms with Crippen LogP contribution in [-0.4, -0.2) is 8.42 Å². The first-order valence-corrected chi connectivity index (χ1v) is 7.50. The van der Waals surface area contributed by atoms with Crippen LogP contribution < -0.4 is 10.5 Å². The zero-order valence-corrected chi connectivity index (χ0v) is 12.1. The molecular weight excluding hydrogens is 303 g/mol. The van der Waals surface area contributed by atoms with E-state index in [0.717, 1.165) is 11.6 Å². The van der Waals surface area contributed by atoms with E-state index in [9.17, 15) is 12.8 Å². The van der Waals surface area contributed by atoms with Crippen molar-refractivity contribution in [2.75, 3.05) is 10.5 Å². The fourth-order valence-electron chi connectivity index (χ4n) is 1.64. The van der Waals surface area contributed by atoms with E-state index in [2.05, 4.69) is 4.72 Å². The Morgan fingerprint density at radius 3 is 2.60 bits per heavy atom. The van der Waals surface area contributed by atoms with Gasteiger partial charge in [0.05, 0.1) is 5.02 Å². The van der Waals surface area contributed by atoms with Gasteiger partial charge in [0.2, 0.25) is 0 Å². The van der Waals surface area contributed by atoms with E-state index in [4.69, 9.17) is 17.3 Å². The lowest BCUT2D eigenvalue weighted by Gasteiger charge is -2.10. The predicted octanol–water partition coefficient (Wildman–Crippen LogP) is 3.17. The van der Waals surface area contributed by atoms with Gasteiger partial charge in [-0.15, -0.1) is 0 Å². The number of sulfonamides is 1. The molecule has 20 heavy (non-hydrogen) atoms. The number of halogens is 2. The lowest BCUT2D eigenvalue weighted by molar-refractivity contribution is 0.570. The average molecular weight is 315 g/mol. The van der Waals surface area contributed by atoms with Crippen LogP contribution >= 0.6 is 11.6 Å². The molecule has 0 aliphatic heterocycles. The summed E-state index contributed by atoms with van der Waals surface area (Å²) in [5, 5.41) is -0.249. The monoisotopic (exact) mass is 314 g/mol. The standard InChI is InChI=1S/C13H12ClFN2O2S/c1-8-7-9(5-6-11(8)16)17-20(18,19)12-4-2-3-10(14)13(12)15/h2-7,17H,16H2,1H3. The summed E-state index contributed by atoms with van der Waals surface area (Å²) in [7, 11) is -4.05. The van der Waals surface area contributed by atoms with Gasteiger partial charge in [-0.3, -0.25) is 4.72 Å². The molecule has 0 aromatic heterocycles. The summed E-state index contributed by atoms with van der Waals surface area (Å²) < 4.78 is 40.3. The van der Waals surface area contributed by atoms with Crippen LogP contribution in [0, 0.1) is 12.7 Å². The number of nitrogen functional groups attached to an aromatic ring is 1. The Hall–Kier alpha value is -1.79. The first-order valence-electron chi connectivity index (χ1n) is 5.64. The summed E-state index contributed by atoms with van der Waals surface area (Å²) in [4.78, 5) is -0.500. The van der Waals surface area contributed by atoms with Crippen molar-refractivity contribution in [3.8, 4) is 0 Å². The number of nitrogens with two attached hydrogens (primary N) is 1. The van der Waals surface area contributed by atoms with Gasteiger partial charge in [-0.25, -0.2) is 12.8 Å². The minimum absolute atomic E-state index is 0.249. The second-order valence-electron chi connectivity index (χ2n) is 4.23. The van der Waals surface area contributed by atoms with Crippen molar-refractivity contribution in [3.05, 3.63) is 52.8 Å². The molecule has 0 saturated carbocycles. The molecule has 2 rings (SSSR count). The molecule has 0 atom stereocenters. The van der Waals surface area contributed by atoms with Gasteiger partial charge >= 0.3 is 0 Å². The molecule has 3 N–H and O–H groups in total. The lowest BCUT2D eigenvalue weighted by atomic mass is 10.2. The summed E-state index contributed by atoms with van der Waals surface area (Å²) in [5.41, 5.74) is 7.22. The van der Waals surface area contributed by atoms with Gasteiger partial charge in [-0.1, -0.05) is 17.7 Å². The largest absolute Gasteiger partial charge is 0.399 e. The molecule has 0 saturated heterocycles. The van der Waals surface area contributed by atoms with Crippen LogP contribution in [0.3, 0.4) is 0 Å². The second-order valence-corrected chi connectivity index (χ2v) is 6.29. The van der Waals surface area contributed by atoms with E-state index >= 15 is 0 Å². The van der Waals surface area contributed by atoms with Crippen molar-refractivity contribution < 1.29 is 12.8 Å². The number of hydrogen-bond acceptors (Lipinski definition) is 3. The first kappa shape index (κ1) is 14.6. The number of aryl methyl sites for hydroxylation is 1. The van der Waals surface area contributed by atoms with Crippen LogP contribution in [0.15, 0.2) is 41.3 Å². The summed E-state index contributed by atoms with van der Waals surface area (Å²) in [5.74, 6) is -0.978. The molecular formula is C13H12ClFN2O2S. The summed E-state index contributed by atoms with van der Waals surface area (Å²) in [6.07, 6.45) is 0. The maximum Gasteiger partial charge on any atom is 0.264 e. The molecule has 2 aromatic carbocycles. The number of nitrogens with one attached hydrogen (secondary N) is 1. The highest BCUT2D eigenvalue weighted by atomic mass is 35.5. The van der Waals surface area contributed by atoms with Crippen molar-refractivity contribution in [1.29, 1.82) is 0 Å². The van der Waals surface area contributed by atoms with E-state index in [1.165, 1.54) is 18.2 Å². The van der Waals surface area contributed by atoms with E-state index in [0.29, 0.717) is 11.4 Å². The Labute approximate surface area is 121 Å². The number of anilines is 2. The maximum atomic E-state index is 13.8. The molecule has 0 heterocycles. The Morgan fingerprint density at radius 1 is 1.25 bits per heavy atom. The quantitative estimate of drug-likeness (QED) is 0.855. The van der Waals surface area contributed by atoms with Crippen LogP contribution in [0.5, 0.6) is 0 Å². The third kappa shape index (κ3) is 2.86. The molecule has 0 radical (unpaired) electrons. The van der Waals surface area contributed by atoms with E-state index in [1.54, 1.807) is 19.1 Å². The van der Waals surface area contributed by atoms with E-state index in [1.807, 2.05) is 0 Å². The van der Waals surface area contributed by atoms with Gasteiger partial charge in [0.15, 0.2) is 5.82 Å². The number of benzene rings is 2. The molecule has 0 aliphatic carbocycles. The molecule has 2 aromatic rings. The van der Waals surface area contributed by atoms with Crippen molar-refractivity contribution in [3.63, 3.8) is 0 Å². The number of hydrogen-bond donors (Lipinski definition) is 2. The van der Waals surface area contributed by atoms with Gasteiger partial charge in [0.1, 0.15) is 4.90 Å². The molecule has 0 fully saturated rings. The molecule has 7 heteroatoms. The Bertz CT molecular complexity index is 763. The third-order valence-electron chi connectivity index (χ3n) is 2.73. The lowest BCUT2D eigenvalue weighted by Crippen LogP contribution is -2.15. The van der Waals surface area contributed by atoms with Crippen molar-refractivity contribution >= 4 is 33.0 Å². The molecule has 0 bridgehead atoms. The minimum Gasteiger partial charge on any atom is -0.399 e. The normalized spacial score (nSPS) is 11.3. The Balaban J connectivity index is 2.41. The molecule has 0 amide bonds. The van der Waals surface area contributed by atoms with Gasteiger partial charge in [0.25, 0.3) is 10.0 Å². The van der Waals surface area contributed by atoms with Crippen molar-refractivity contribution in [1.82, 2.24) is 0 Å². The third-order valence-corrected chi connectivity index (χ3v) is 4.42. The molecule has 4 nitrogen and oxygen atoms in total. The smallest absolute Gasteiger partial charge is 0.264 e. The van der Waals surface area contributed by atoms with Gasteiger partial charge < -0.3 is 5.73 Å². The zero-order valence-electron chi connectivity index (χ0n) is 10.5. The molecule has 0 aliphatic rings. The van der Waals surface area contributed by atoms with Crippen LogP contribution in [0.1, 0.15) is 5.56 Å². The Kier molecular flexibility index (Phi) is 3.87. The van der Waals surface area contributed by atoms with Gasteiger partial charge in [-0.05, 0) is 42.8 Å². The fourth-order valence-corrected chi connectivity index (χ4v) is 3.02. The first-order chi connectivity index (χ1) is 9.31. The zero-order chi connectivity index (χ0) is 14.9. The van der Waals surface area contributed by atoms with Crippen LogP contribution in [0.2, 0.25) is 5.02 Å². The maximum absolute atomic E-state index is 13.8. The highest BCUT2D eigenvalue weighted by Gasteiger charge is 2.20. The second kappa shape index (κ2) is 5.30. The minimum atomic E-state index is -4.05. The summed E-state index contributed by atoms with van der Waals surface area (Å²) in [6, 6.07) is 8.43. The molecule has 0 unspecified atom stereocenters. The molecule has 0 spiro atoms. The van der Waals surface area contributed by atoms with E-state index in [-0.39, 0.29) is 5.02 Å². The number of rotatable bonds is 3. The summed E-state index contributed by atoms with van der Waals surface area (Å²) in [6.45, 7) is 1.74. The fraction of sp³-hybridized carbons (Fsp3) is 0.0769.